The van der Waals surface area contributed by atoms with E-state index < -0.39 is 0 Å². The number of aromatic nitrogens is 3. The van der Waals surface area contributed by atoms with Crippen LogP contribution in [0.2, 0.25) is 0 Å². The van der Waals surface area contributed by atoms with Crippen molar-refractivity contribution in [3.05, 3.63) is 77.7 Å². The Kier molecular flexibility index (Phi) is 6.30. The summed E-state index contributed by atoms with van der Waals surface area (Å²) in [5, 5.41) is 6.41. The molecule has 1 aliphatic rings. The summed E-state index contributed by atoms with van der Waals surface area (Å²) in [5.74, 6) is 1.55. The first-order valence-electron chi connectivity index (χ1n) is 11.5. The summed E-state index contributed by atoms with van der Waals surface area (Å²) in [7, 11) is 4.07. The molecule has 3 heterocycles. The topological polar surface area (TPSA) is 101 Å². The number of anilines is 4. The van der Waals surface area contributed by atoms with E-state index in [1.54, 1.807) is 6.26 Å². The number of hydrogen-bond donors (Lipinski definition) is 2. The summed E-state index contributed by atoms with van der Waals surface area (Å²) in [6, 6.07) is 18.5. The van der Waals surface area contributed by atoms with Gasteiger partial charge in [-0.1, -0.05) is 18.2 Å². The van der Waals surface area contributed by atoms with Crippen LogP contribution in [0.1, 0.15) is 23.8 Å². The molecule has 0 bridgehead atoms. The number of benzene rings is 2. The minimum atomic E-state index is 0.245. The van der Waals surface area contributed by atoms with E-state index in [-0.39, 0.29) is 6.01 Å². The maximum absolute atomic E-state index is 5.53. The molecule has 4 aromatic rings. The van der Waals surface area contributed by atoms with Crippen molar-refractivity contribution in [2.75, 3.05) is 36.2 Å². The highest BCUT2D eigenvalue weighted by molar-refractivity contribution is 6.06. The van der Waals surface area contributed by atoms with Crippen LogP contribution < -0.4 is 20.3 Å². The molecule has 0 unspecified atom stereocenters. The van der Waals surface area contributed by atoms with Crippen LogP contribution in [0.3, 0.4) is 0 Å². The lowest BCUT2D eigenvalue weighted by Crippen LogP contribution is -2.09. The van der Waals surface area contributed by atoms with Gasteiger partial charge >= 0.3 is 6.01 Å². The van der Waals surface area contributed by atoms with E-state index in [9.17, 15) is 0 Å². The fourth-order valence-corrected chi connectivity index (χ4v) is 3.77. The van der Waals surface area contributed by atoms with Gasteiger partial charge in [-0.05, 0) is 54.4 Å². The Bertz CT molecular complexity index is 1330. The quantitative estimate of drug-likeness (QED) is 0.355. The molecule has 9 nitrogen and oxygen atoms in total. The first kappa shape index (κ1) is 22.4. The molecule has 2 aromatic carbocycles. The first-order valence-corrected chi connectivity index (χ1v) is 11.5. The number of furan rings is 1. The third-order valence-electron chi connectivity index (χ3n) is 5.56. The maximum atomic E-state index is 5.53. The van der Waals surface area contributed by atoms with Gasteiger partial charge in [0.2, 0.25) is 11.9 Å². The van der Waals surface area contributed by atoms with E-state index in [1.165, 1.54) is 5.56 Å². The van der Waals surface area contributed by atoms with Crippen molar-refractivity contribution in [2.24, 2.45) is 4.99 Å². The molecule has 0 atom stereocenters. The lowest BCUT2D eigenvalue weighted by molar-refractivity contribution is 0.312. The number of rotatable bonds is 9. The second-order valence-corrected chi connectivity index (χ2v) is 8.28. The lowest BCUT2D eigenvalue weighted by atomic mass is 10.0. The van der Waals surface area contributed by atoms with Gasteiger partial charge in [-0.2, -0.15) is 15.0 Å². The van der Waals surface area contributed by atoms with Crippen molar-refractivity contribution in [2.45, 2.75) is 19.9 Å². The van der Waals surface area contributed by atoms with Gasteiger partial charge in [0.05, 0.1) is 30.8 Å². The zero-order valence-corrected chi connectivity index (χ0v) is 19.9. The molecular weight excluding hydrogens is 442 g/mol. The molecule has 0 saturated heterocycles. The highest BCUT2D eigenvalue weighted by Crippen LogP contribution is 2.32. The Hall–Kier alpha value is -4.40. The fraction of sp³-hybridized carbons (Fsp3) is 0.231. The molecule has 0 saturated carbocycles. The van der Waals surface area contributed by atoms with E-state index in [0.717, 1.165) is 40.5 Å². The average Bonchev–Trinajstić information content (AvgIpc) is 3.53. The summed E-state index contributed by atoms with van der Waals surface area (Å²) >= 11 is 0. The van der Waals surface area contributed by atoms with Crippen LogP contribution in [-0.4, -0.2) is 41.4 Å². The number of fused-ring (bicyclic) bond motifs is 1. The molecule has 5 rings (SSSR count). The van der Waals surface area contributed by atoms with Crippen LogP contribution in [0.4, 0.5) is 29.0 Å². The number of nitrogens with zero attached hydrogens (tertiary/aromatic N) is 5. The van der Waals surface area contributed by atoms with E-state index >= 15 is 0 Å². The smallest absolute Gasteiger partial charge is 0.323 e. The van der Waals surface area contributed by atoms with Crippen molar-refractivity contribution >= 4 is 34.7 Å². The summed E-state index contributed by atoms with van der Waals surface area (Å²) in [4.78, 5) is 20.2. The van der Waals surface area contributed by atoms with Gasteiger partial charge in [0, 0.05) is 31.9 Å². The second kappa shape index (κ2) is 9.84. The number of hydrogen-bond acceptors (Lipinski definition) is 9. The Morgan fingerprint density at radius 1 is 1.00 bits per heavy atom. The van der Waals surface area contributed by atoms with Crippen molar-refractivity contribution in [1.82, 2.24) is 15.0 Å². The minimum absolute atomic E-state index is 0.245. The third kappa shape index (κ3) is 5.24. The van der Waals surface area contributed by atoms with Gasteiger partial charge < -0.3 is 24.7 Å². The Morgan fingerprint density at radius 2 is 1.83 bits per heavy atom. The van der Waals surface area contributed by atoms with Gasteiger partial charge in [0.25, 0.3) is 0 Å². The van der Waals surface area contributed by atoms with Crippen LogP contribution >= 0.6 is 0 Å². The fourth-order valence-electron chi connectivity index (χ4n) is 3.77. The van der Waals surface area contributed by atoms with Crippen molar-refractivity contribution in [3.63, 3.8) is 0 Å². The van der Waals surface area contributed by atoms with Crippen LogP contribution in [0.5, 0.6) is 6.01 Å². The molecule has 0 fully saturated rings. The van der Waals surface area contributed by atoms with Crippen LogP contribution in [0.15, 0.2) is 70.3 Å². The third-order valence-corrected chi connectivity index (χ3v) is 5.56. The zero-order chi connectivity index (χ0) is 24.2. The predicted octanol–water partition coefficient (Wildman–Crippen LogP) is 4.96. The second-order valence-electron chi connectivity index (χ2n) is 8.28. The lowest BCUT2D eigenvalue weighted by Gasteiger charge is -2.12. The monoisotopic (exact) mass is 469 g/mol. The molecule has 0 amide bonds. The van der Waals surface area contributed by atoms with Gasteiger partial charge in [0.15, 0.2) is 0 Å². The number of ether oxygens (including phenoxy) is 1. The highest BCUT2D eigenvalue weighted by Gasteiger charge is 2.17. The normalized spacial score (nSPS) is 12.1. The van der Waals surface area contributed by atoms with Gasteiger partial charge in [-0.3, -0.25) is 4.99 Å². The SMILES string of the molecule is CCOc1nc(NCc2ccco2)nc(Nc2ccc3c(c2)N=C(c2ccc(N(C)C)cc2)C3)n1. The van der Waals surface area contributed by atoms with E-state index in [4.69, 9.17) is 14.1 Å². The Morgan fingerprint density at radius 3 is 2.57 bits per heavy atom. The van der Waals surface area contributed by atoms with E-state index in [2.05, 4.69) is 60.8 Å². The van der Waals surface area contributed by atoms with Crippen molar-refractivity contribution in [1.29, 1.82) is 0 Å². The van der Waals surface area contributed by atoms with Gasteiger partial charge in [0.1, 0.15) is 5.76 Å². The summed E-state index contributed by atoms with van der Waals surface area (Å²) in [5.41, 5.74) is 6.32. The van der Waals surface area contributed by atoms with E-state index in [0.29, 0.717) is 25.0 Å². The van der Waals surface area contributed by atoms with Crippen molar-refractivity contribution < 1.29 is 9.15 Å². The molecule has 1 aliphatic heterocycles. The van der Waals surface area contributed by atoms with Crippen LogP contribution in [0.25, 0.3) is 0 Å². The average molecular weight is 470 g/mol. The summed E-state index contributed by atoms with van der Waals surface area (Å²) in [6.07, 6.45) is 2.43. The maximum Gasteiger partial charge on any atom is 0.323 e. The Balaban J connectivity index is 1.34. The molecule has 2 aromatic heterocycles. The zero-order valence-electron chi connectivity index (χ0n) is 19.9. The standard InChI is InChI=1S/C26H27N7O2/c1-4-34-26-31-24(27-16-21-6-5-13-35-21)30-25(32-26)28-19-10-7-18-14-22(29-23(18)15-19)17-8-11-20(12-9-17)33(2)3/h5-13,15H,4,14,16H2,1-3H3,(H2,27,28,30,31,32). The molecule has 35 heavy (non-hydrogen) atoms. The summed E-state index contributed by atoms with van der Waals surface area (Å²) < 4.78 is 10.9. The molecule has 2 N–H and O–H groups in total. The number of aliphatic imine (C=N–C) groups is 1. The summed E-state index contributed by atoms with van der Waals surface area (Å²) in [6.45, 7) is 2.79. The van der Waals surface area contributed by atoms with Crippen molar-refractivity contribution in [3.8, 4) is 6.01 Å². The molecular formula is C26H27N7O2. The molecule has 0 radical (unpaired) electrons. The molecule has 0 aliphatic carbocycles. The minimum Gasteiger partial charge on any atom is -0.467 e. The first-order chi connectivity index (χ1) is 17.1. The Labute approximate surface area is 203 Å². The predicted molar refractivity (Wildman–Crippen MR) is 137 cm³/mol. The van der Waals surface area contributed by atoms with Gasteiger partial charge in [-0.15, -0.1) is 0 Å². The van der Waals surface area contributed by atoms with Gasteiger partial charge in [-0.25, -0.2) is 0 Å². The highest BCUT2D eigenvalue weighted by atomic mass is 16.5. The molecule has 0 spiro atoms. The largest absolute Gasteiger partial charge is 0.467 e. The number of nitrogens with one attached hydrogen (secondary N) is 2. The van der Waals surface area contributed by atoms with Crippen LogP contribution in [0, 0.1) is 0 Å². The van der Waals surface area contributed by atoms with Crippen LogP contribution in [-0.2, 0) is 13.0 Å². The van der Waals surface area contributed by atoms with E-state index in [1.807, 2.05) is 45.3 Å². The molecule has 9 heteroatoms. The molecule has 178 valence electrons.